The fourth-order valence-electron chi connectivity index (χ4n) is 3.24. The van der Waals surface area contributed by atoms with Gasteiger partial charge in [0.1, 0.15) is 12.0 Å². The maximum atomic E-state index is 12.8. The Kier molecular flexibility index (Phi) is 5.93. The van der Waals surface area contributed by atoms with Gasteiger partial charge in [0.2, 0.25) is 11.8 Å². The van der Waals surface area contributed by atoms with E-state index in [4.69, 9.17) is 11.6 Å². The van der Waals surface area contributed by atoms with Crippen molar-refractivity contribution in [2.45, 2.75) is 31.1 Å². The molecule has 0 radical (unpaired) electrons. The number of nitrogens with one attached hydrogen (secondary N) is 2. The van der Waals surface area contributed by atoms with E-state index in [0.29, 0.717) is 10.6 Å². The van der Waals surface area contributed by atoms with E-state index in [0.717, 1.165) is 5.56 Å². The van der Waals surface area contributed by atoms with Gasteiger partial charge < -0.3 is 10.6 Å². The van der Waals surface area contributed by atoms with Crippen LogP contribution in [0.5, 0.6) is 0 Å². The molecule has 2 N–H and O–H groups in total. The van der Waals surface area contributed by atoms with Gasteiger partial charge in [-0.15, -0.1) is 0 Å². The van der Waals surface area contributed by atoms with Crippen LogP contribution in [0.3, 0.4) is 0 Å². The van der Waals surface area contributed by atoms with Crippen LogP contribution in [-0.4, -0.2) is 24.0 Å². The van der Waals surface area contributed by atoms with Crippen LogP contribution < -0.4 is 10.6 Å². The molecule has 1 aliphatic rings. The summed E-state index contributed by atoms with van der Waals surface area (Å²) in [6.07, 6.45) is -5.02. The van der Waals surface area contributed by atoms with Crippen molar-refractivity contribution in [1.29, 1.82) is 0 Å². The summed E-state index contributed by atoms with van der Waals surface area (Å²) in [7, 11) is 0. The van der Waals surface area contributed by atoms with Crippen LogP contribution in [0.4, 0.5) is 13.2 Å². The number of hydrogen-bond donors (Lipinski definition) is 2. The molecule has 2 aromatic carbocycles. The van der Waals surface area contributed by atoms with Gasteiger partial charge in [-0.1, -0.05) is 54.1 Å². The average molecular weight is 411 g/mol. The number of halogens is 4. The summed E-state index contributed by atoms with van der Waals surface area (Å²) in [4.78, 5) is 24.8. The van der Waals surface area contributed by atoms with Gasteiger partial charge in [0.05, 0.1) is 6.04 Å². The summed E-state index contributed by atoms with van der Waals surface area (Å²) in [6.45, 7) is 0. The predicted octanol–water partition coefficient (Wildman–Crippen LogP) is 4.00. The summed E-state index contributed by atoms with van der Waals surface area (Å²) < 4.78 is 38.4. The quantitative estimate of drug-likeness (QED) is 0.748. The summed E-state index contributed by atoms with van der Waals surface area (Å²) >= 11 is 6.06. The van der Waals surface area contributed by atoms with Crippen LogP contribution in [0.15, 0.2) is 54.6 Å². The van der Waals surface area contributed by atoms with Gasteiger partial charge in [-0.25, -0.2) is 0 Å². The largest absolute Gasteiger partial charge is 0.408 e. The Balaban J connectivity index is 1.80. The van der Waals surface area contributed by atoms with Gasteiger partial charge in [0.25, 0.3) is 0 Å². The van der Waals surface area contributed by atoms with Crippen molar-refractivity contribution in [3.8, 4) is 0 Å². The first kappa shape index (κ1) is 20.2. The second-order valence-electron chi connectivity index (χ2n) is 6.64. The maximum absolute atomic E-state index is 12.8. The van der Waals surface area contributed by atoms with E-state index in [1.165, 1.54) is 0 Å². The highest BCUT2D eigenvalue weighted by molar-refractivity contribution is 6.30. The summed E-state index contributed by atoms with van der Waals surface area (Å²) in [5.74, 6) is -2.71. The average Bonchev–Trinajstić information content (AvgIpc) is 2.65. The van der Waals surface area contributed by atoms with Crippen molar-refractivity contribution < 1.29 is 22.8 Å². The van der Waals surface area contributed by atoms with Gasteiger partial charge in [-0.2, -0.15) is 13.2 Å². The van der Waals surface area contributed by atoms with Gasteiger partial charge in [0.15, 0.2) is 0 Å². The molecular weight excluding hydrogens is 393 g/mol. The van der Waals surface area contributed by atoms with Gasteiger partial charge in [-0.3, -0.25) is 9.59 Å². The topological polar surface area (TPSA) is 58.2 Å². The lowest BCUT2D eigenvalue weighted by molar-refractivity contribution is -0.171. The van der Waals surface area contributed by atoms with Crippen LogP contribution >= 0.6 is 11.6 Å². The molecule has 0 bridgehead atoms. The summed E-state index contributed by atoms with van der Waals surface area (Å²) in [5, 5.41) is 5.18. The first-order valence-corrected chi connectivity index (χ1v) is 9.11. The third kappa shape index (κ3) is 4.65. The van der Waals surface area contributed by atoms with Crippen molar-refractivity contribution in [3.05, 3.63) is 70.7 Å². The molecule has 1 saturated heterocycles. The fraction of sp³-hybridized carbons (Fsp3) is 0.300. The molecule has 8 heteroatoms. The SMILES string of the molecule is O=C(NC(c1ccccc1)c1cccc(Cl)c1)C1CCC(C(F)(F)F)NC1=O. The predicted molar refractivity (Wildman–Crippen MR) is 98.6 cm³/mol. The van der Waals surface area contributed by atoms with Crippen molar-refractivity contribution in [2.24, 2.45) is 5.92 Å². The van der Waals surface area contributed by atoms with E-state index in [-0.39, 0.29) is 12.8 Å². The second-order valence-corrected chi connectivity index (χ2v) is 7.08. The van der Waals surface area contributed by atoms with Crippen LogP contribution in [0.1, 0.15) is 30.0 Å². The number of hydrogen-bond acceptors (Lipinski definition) is 2. The van der Waals surface area contributed by atoms with Gasteiger partial charge in [0, 0.05) is 5.02 Å². The van der Waals surface area contributed by atoms with Gasteiger partial charge >= 0.3 is 6.18 Å². The normalized spacial score (nSPS) is 20.9. The third-order valence-corrected chi connectivity index (χ3v) is 4.93. The second kappa shape index (κ2) is 8.22. The van der Waals surface area contributed by atoms with Crippen LogP contribution in [0.2, 0.25) is 5.02 Å². The zero-order valence-electron chi connectivity index (χ0n) is 14.7. The molecule has 1 fully saturated rings. The maximum Gasteiger partial charge on any atom is 0.408 e. The molecule has 0 aromatic heterocycles. The highest BCUT2D eigenvalue weighted by atomic mass is 35.5. The Bertz CT molecular complexity index is 858. The van der Waals surface area contributed by atoms with E-state index in [1.54, 1.807) is 36.4 Å². The standard InChI is InChI=1S/C20H18ClF3N2O2/c21-14-8-4-7-13(11-14)17(12-5-2-1-3-6-12)26-19(28)15-9-10-16(20(22,23)24)25-18(15)27/h1-8,11,15-17H,9-10H2,(H,25,27)(H,26,28). The smallest absolute Gasteiger partial charge is 0.344 e. The van der Waals surface area contributed by atoms with E-state index in [1.807, 2.05) is 23.5 Å². The first-order chi connectivity index (χ1) is 13.3. The fourth-order valence-corrected chi connectivity index (χ4v) is 3.44. The monoisotopic (exact) mass is 410 g/mol. The van der Waals surface area contributed by atoms with E-state index in [9.17, 15) is 22.8 Å². The number of rotatable bonds is 4. The molecule has 0 saturated carbocycles. The molecule has 148 valence electrons. The summed E-state index contributed by atoms with van der Waals surface area (Å²) in [5.41, 5.74) is 1.47. The van der Waals surface area contributed by atoms with Crippen LogP contribution in [0.25, 0.3) is 0 Å². The van der Waals surface area contributed by atoms with Crippen molar-refractivity contribution >= 4 is 23.4 Å². The number of piperidine rings is 1. The Morgan fingerprint density at radius 1 is 1.07 bits per heavy atom. The molecule has 1 heterocycles. The van der Waals surface area contributed by atoms with Crippen LogP contribution in [0, 0.1) is 5.92 Å². The molecule has 0 aliphatic carbocycles. The Morgan fingerprint density at radius 3 is 2.36 bits per heavy atom. The zero-order valence-corrected chi connectivity index (χ0v) is 15.4. The van der Waals surface area contributed by atoms with E-state index < -0.39 is 36.0 Å². The molecule has 4 nitrogen and oxygen atoms in total. The number of carbonyl (C=O) groups is 2. The third-order valence-electron chi connectivity index (χ3n) is 4.69. The molecule has 3 rings (SSSR count). The molecule has 2 amide bonds. The molecular formula is C20H18ClF3N2O2. The molecule has 0 spiro atoms. The number of carbonyl (C=O) groups excluding carboxylic acids is 2. The first-order valence-electron chi connectivity index (χ1n) is 8.73. The van der Waals surface area contributed by atoms with Crippen molar-refractivity contribution in [2.75, 3.05) is 0 Å². The molecule has 28 heavy (non-hydrogen) atoms. The summed E-state index contributed by atoms with van der Waals surface area (Å²) in [6, 6.07) is 13.5. The zero-order chi connectivity index (χ0) is 20.3. The Hall–Kier alpha value is -2.54. The highest BCUT2D eigenvalue weighted by Gasteiger charge is 2.46. The number of amides is 2. The number of alkyl halides is 3. The van der Waals surface area contributed by atoms with Crippen LogP contribution in [-0.2, 0) is 9.59 Å². The molecule has 2 aromatic rings. The van der Waals surface area contributed by atoms with Crippen molar-refractivity contribution in [3.63, 3.8) is 0 Å². The van der Waals surface area contributed by atoms with E-state index in [2.05, 4.69) is 5.32 Å². The number of benzene rings is 2. The minimum Gasteiger partial charge on any atom is -0.344 e. The molecule has 3 atom stereocenters. The lowest BCUT2D eigenvalue weighted by atomic mass is 9.91. The van der Waals surface area contributed by atoms with E-state index >= 15 is 0 Å². The van der Waals surface area contributed by atoms with Gasteiger partial charge in [-0.05, 0) is 36.1 Å². The van der Waals surface area contributed by atoms with Crippen molar-refractivity contribution in [1.82, 2.24) is 10.6 Å². The lowest BCUT2D eigenvalue weighted by Crippen LogP contribution is -2.54. The molecule has 3 unspecified atom stereocenters. The highest BCUT2D eigenvalue weighted by Crippen LogP contribution is 2.30. The Labute approximate surface area is 165 Å². The Morgan fingerprint density at radius 2 is 1.75 bits per heavy atom. The minimum absolute atomic E-state index is 0.168. The molecule has 1 aliphatic heterocycles. The lowest BCUT2D eigenvalue weighted by Gasteiger charge is -2.31. The minimum atomic E-state index is -4.52.